The van der Waals surface area contributed by atoms with Crippen LogP contribution in [0.1, 0.15) is 68.8 Å². The molecule has 2 saturated heterocycles. The number of nitrogens with one attached hydrogen (secondary N) is 1. The maximum absolute atomic E-state index is 13.6. The molecular formula is C32H41N5O4. The molecule has 3 aliphatic heterocycles. The minimum Gasteiger partial charge on any atom is -0.444 e. The number of aromatic amines is 1. The highest BCUT2D eigenvalue weighted by molar-refractivity contribution is 5.85. The first-order valence-electron chi connectivity index (χ1n) is 14.8. The van der Waals surface area contributed by atoms with Gasteiger partial charge in [-0.25, -0.2) is 14.6 Å². The van der Waals surface area contributed by atoms with Gasteiger partial charge in [-0.05, 0) is 93.8 Å². The number of benzene rings is 1. The second kappa shape index (κ2) is 10.7. The summed E-state index contributed by atoms with van der Waals surface area (Å²) in [6.07, 6.45) is 6.19. The smallest absolute Gasteiger partial charge is 0.410 e. The Hall–Kier alpha value is -3.59. The minimum absolute atomic E-state index is 0.0402. The van der Waals surface area contributed by atoms with E-state index in [0.29, 0.717) is 39.3 Å². The lowest BCUT2D eigenvalue weighted by Crippen LogP contribution is -2.51. The maximum atomic E-state index is 13.6. The van der Waals surface area contributed by atoms with Crippen molar-refractivity contribution in [3.05, 3.63) is 52.8 Å². The van der Waals surface area contributed by atoms with Crippen molar-refractivity contribution in [1.82, 2.24) is 24.7 Å². The summed E-state index contributed by atoms with van der Waals surface area (Å²) in [7, 11) is 0. The summed E-state index contributed by atoms with van der Waals surface area (Å²) in [5, 5.41) is 1.11. The van der Waals surface area contributed by atoms with Gasteiger partial charge in [0.05, 0.1) is 18.8 Å². The van der Waals surface area contributed by atoms with E-state index in [0.717, 1.165) is 58.1 Å². The SMILES string of the molecule is Cc1c[nH]c2ncc(-c3cc4c(c([C@@H]5CCCN5C(=O)OC(C)(C)C)c3)CN(C(=O)N3CCO[C@@H](C)C3)CC4)cc12. The van der Waals surface area contributed by atoms with Gasteiger partial charge in [-0.3, -0.25) is 0 Å². The van der Waals surface area contributed by atoms with Crippen LogP contribution in [0, 0.1) is 6.92 Å². The Morgan fingerprint density at radius 1 is 1.10 bits per heavy atom. The van der Waals surface area contributed by atoms with Gasteiger partial charge in [0.25, 0.3) is 0 Å². The van der Waals surface area contributed by atoms with Gasteiger partial charge in [-0.15, -0.1) is 0 Å². The average Bonchev–Trinajstić information content (AvgIpc) is 3.58. The van der Waals surface area contributed by atoms with Crippen LogP contribution in [0.15, 0.2) is 30.6 Å². The summed E-state index contributed by atoms with van der Waals surface area (Å²) in [6, 6.07) is 6.63. The Morgan fingerprint density at radius 3 is 2.71 bits per heavy atom. The number of aromatic nitrogens is 2. The number of hydrogen-bond acceptors (Lipinski definition) is 5. The third-order valence-corrected chi connectivity index (χ3v) is 8.47. The number of ether oxygens (including phenoxy) is 2. The van der Waals surface area contributed by atoms with Crippen molar-refractivity contribution >= 4 is 23.2 Å². The molecule has 0 saturated carbocycles. The van der Waals surface area contributed by atoms with Gasteiger partial charge in [0.1, 0.15) is 11.2 Å². The van der Waals surface area contributed by atoms with Gasteiger partial charge in [0, 0.05) is 56.1 Å². The van der Waals surface area contributed by atoms with Crippen molar-refractivity contribution in [3.63, 3.8) is 0 Å². The van der Waals surface area contributed by atoms with Crippen molar-refractivity contribution in [2.75, 3.05) is 32.8 Å². The van der Waals surface area contributed by atoms with Crippen LogP contribution < -0.4 is 0 Å². The molecule has 0 unspecified atom stereocenters. The maximum Gasteiger partial charge on any atom is 0.410 e. The van der Waals surface area contributed by atoms with Gasteiger partial charge < -0.3 is 29.2 Å². The number of carbonyl (C=O) groups is 2. The van der Waals surface area contributed by atoms with Crippen LogP contribution in [0.3, 0.4) is 0 Å². The van der Waals surface area contributed by atoms with Crippen LogP contribution in [-0.2, 0) is 22.4 Å². The second-order valence-electron chi connectivity index (χ2n) is 12.7. The van der Waals surface area contributed by atoms with E-state index in [-0.39, 0.29) is 24.3 Å². The molecule has 0 radical (unpaired) electrons. The van der Waals surface area contributed by atoms with Crippen molar-refractivity contribution in [2.45, 2.75) is 78.2 Å². The number of H-pyrrole nitrogens is 1. The molecule has 3 aromatic rings. The highest BCUT2D eigenvalue weighted by atomic mass is 16.6. The quantitative estimate of drug-likeness (QED) is 0.428. The summed E-state index contributed by atoms with van der Waals surface area (Å²) in [6.45, 7) is 13.4. The molecule has 9 heteroatoms. The zero-order chi connectivity index (χ0) is 28.9. The Labute approximate surface area is 241 Å². The lowest BCUT2D eigenvalue weighted by molar-refractivity contribution is -0.00976. The molecule has 41 heavy (non-hydrogen) atoms. The van der Waals surface area contributed by atoms with Crippen LogP contribution in [0.25, 0.3) is 22.2 Å². The number of hydrogen-bond donors (Lipinski definition) is 1. The number of nitrogens with zero attached hydrogens (tertiary/aromatic N) is 4. The molecular weight excluding hydrogens is 518 g/mol. The van der Waals surface area contributed by atoms with Crippen LogP contribution >= 0.6 is 0 Å². The lowest BCUT2D eigenvalue weighted by atomic mass is 9.87. The highest BCUT2D eigenvalue weighted by Gasteiger charge is 2.37. The Kier molecular flexibility index (Phi) is 7.18. The van der Waals surface area contributed by atoms with Gasteiger partial charge in [-0.2, -0.15) is 0 Å². The Bertz CT molecular complexity index is 1470. The fourth-order valence-electron chi connectivity index (χ4n) is 6.44. The third kappa shape index (κ3) is 5.52. The average molecular weight is 560 g/mol. The molecule has 1 N–H and O–H groups in total. The predicted octanol–water partition coefficient (Wildman–Crippen LogP) is 5.81. The standard InChI is InChI=1S/C32H41N5O4/c1-20-16-33-29-25(20)15-24(17-34-29)23-13-22-8-10-35(30(38)36-11-12-40-21(2)18-36)19-27(22)26(14-23)28-7-6-9-37(28)31(39)41-32(3,4)5/h13-17,21,28H,6-12,18-19H2,1-5H3,(H,33,34)/t21-,28-/m0/s1. The fourth-order valence-corrected chi connectivity index (χ4v) is 6.44. The van der Waals surface area contributed by atoms with E-state index < -0.39 is 5.60 Å². The first-order chi connectivity index (χ1) is 19.6. The molecule has 1 aromatic carbocycles. The molecule has 5 heterocycles. The Balaban J connectivity index is 1.39. The monoisotopic (exact) mass is 559 g/mol. The van der Waals surface area contributed by atoms with E-state index >= 15 is 0 Å². The van der Waals surface area contributed by atoms with E-state index in [1.54, 1.807) is 0 Å². The number of rotatable bonds is 2. The second-order valence-corrected chi connectivity index (χ2v) is 12.7. The van der Waals surface area contributed by atoms with Crippen LogP contribution in [0.5, 0.6) is 0 Å². The summed E-state index contributed by atoms with van der Waals surface area (Å²) in [5.41, 5.74) is 7.10. The van der Waals surface area contributed by atoms with Crippen LogP contribution in [0.2, 0.25) is 0 Å². The minimum atomic E-state index is -0.570. The molecule has 0 spiro atoms. The molecule has 0 aliphatic carbocycles. The van der Waals surface area contributed by atoms with Gasteiger partial charge in [0.15, 0.2) is 0 Å². The van der Waals surface area contributed by atoms with Crippen molar-refractivity contribution in [2.24, 2.45) is 0 Å². The van der Waals surface area contributed by atoms with E-state index in [2.05, 4.69) is 35.1 Å². The lowest BCUT2D eigenvalue weighted by Gasteiger charge is -2.39. The molecule has 218 valence electrons. The number of urea groups is 1. The highest BCUT2D eigenvalue weighted by Crippen LogP contribution is 2.40. The van der Waals surface area contributed by atoms with Crippen LogP contribution in [0.4, 0.5) is 9.59 Å². The molecule has 6 rings (SSSR count). The zero-order valence-corrected chi connectivity index (χ0v) is 24.8. The van der Waals surface area contributed by atoms with E-state index in [1.165, 1.54) is 5.56 Å². The van der Waals surface area contributed by atoms with Gasteiger partial charge in [0.2, 0.25) is 0 Å². The van der Waals surface area contributed by atoms with Gasteiger partial charge in [-0.1, -0.05) is 6.07 Å². The number of carbonyl (C=O) groups excluding carboxylic acids is 2. The third-order valence-electron chi connectivity index (χ3n) is 8.47. The topological polar surface area (TPSA) is 91.0 Å². The molecule has 2 atom stereocenters. The van der Waals surface area contributed by atoms with Crippen molar-refractivity contribution in [3.8, 4) is 11.1 Å². The number of pyridine rings is 1. The van der Waals surface area contributed by atoms with E-state index in [4.69, 9.17) is 9.47 Å². The molecule has 2 fully saturated rings. The van der Waals surface area contributed by atoms with Crippen molar-refractivity contribution < 1.29 is 19.1 Å². The first-order valence-corrected chi connectivity index (χ1v) is 14.8. The largest absolute Gasteiger partial charge is 0.444 e. The summed E-state index contributed by atoms with van der Waals surface area (Å²) in [4.78, 5) is 40.6. The van der Waals surface area contributed by atoms with Crippen molar-refractivity contribution in [1.29, 1.82) is 0 Å². The number of likely N-dealkylation sites (tertiary alicyclic amines) is 1. The molecule has 9 nitrogen and oxygen atoms in total. The molecule has 2 aromatic heterocycles. The normalized spacial score (nSPS) is 21.3. The number of fused-ring (bicyclic) bond motifs is 2. The number of aryl methyl sites for hydroxylation is 1. The molecule has 0 bridgehead atoms. The van der Waals surface area contributed by atoms with E-state index in [9.17, 15) is 9.59 Å². The van der Waals surface area contributed by atoms with Gasteiger partial charge >= 0.3 is 12.1 Å². The zero-order valence-electron chi connectivity index (χ0n) is 24.8. The number of amides is 3. The summed E-state index contributed by atoms with van der Waals surface area (Å²) < 4.78 is 11.5. The summed E-state index contributed by atoms with van der Waals surface area (Å²) >= 11 is 0. The first kappa shape index (κ1) is 27.6. The number of morpholine rings is 1. The Morgan fingerprint density at radius 2 is 1.93 bits per heavy atom. The van der Waals surface area contributed by atoms with Crippen LogP contribution in [-0.4, -0.2) is 81.3 Å². The van der Waals surface area contributed by atoms with E-state index in [1.807, 2.05) is 54.8 Å². The predicted molar refractivity (Wildman–Crippen MR) is 158 cm³/mol. The molecule has 3 amide bonds. The molecule has 3 aliphatic rings. The summed E-state index contributed by atoms with van der Waals surface area (Å²) in [5.74, 6) is 0. The fraction of sp³-hybridized carbons (Fsp3) is 0.531.